The highest BCUT2D eigenvalue weighted by atomic mass is 16.3. The predicted molar refractivity (Wildman–Crippen MR) is 85.1 cm³/mol. The zero-order valence-electron chi connectivity index (χ0n) is 12.5. The molecule has 3 aromatic heterocycles. The third-order valence-electron chi connectivity index (χ3n) is 3.64. The molecule has 0 aliphatic heterocycles. The Kier molecular flexibility index (Phi) is 3.83. The summed E-state index contributed by atoms with van der Waals surface area (Å²) in [5.41, 5.74) is 1.89. The maximum atomic E-state index is 10.7. The molecule has 1 N–H and O–H groups in total. The fraction of sp³-hybridized carbons (Fsp3) is 0.111. The summed E-state index contributed by atoms with van der Waals surface area (Å²) in [5, 5.41) is 19.5. The number of nitriles is 1. The maximum absolute atomic E-state index is 10.7. The Morgan fingerprint density at radius 2 is 1.61 bits per heavy atom. The molecule has 0 bridgehead atoms. The molecule has 0 spiro atoms. The number of aromatic nitrogens is 3. The summed E-state index contributed by atoms with van der Waals surface area (Å²) in [7, 11) is 0. The lowest BCUT2D eigenvalue weighted by Crippen LogP contribution is -2.25. The van der Waals surface area contributed by atoms with Crippen LogP contribution in [0, 0.1) is 11.3 Å². The van der Waals surface area contributed by atoms with E-state index in [4.69, 9.17) is 5.26 Å². The van der Waals surface area contributed by atoms with Crippen molar-refractivity contribution in [3.05, 3.63) is 78.1 Å². The Hall–Kier alpha value is -3.10. The van der Waals surface area contributed by atoms with Gasteiger partial charge in [-0.25, -0.2) is 4.98 Å². The Balaban J connectivity index is 1.91. The molecular formula is C18H14N4O. The number of aliphatic hydroxyl groups is 1. The van der Waals surface area contributed by atoms with Gasteiger partial charge in [-0.2, -0.15) is 5.26 Å². The van der Waals surface area contributed by atoms with Crippen molar-refractivity contribution in [1.82, 2.24) is 15.0 Å². The fourth-order valence-corrected chi connectivity index (χ4v) is 2.27. The van der Waals surface area contributed by atoms with Crippen LogP contribution in [-0.4, -0.2) is 20.1 Å². The number of rotatable bonds is 3. The van der Waals surface area contributed by atoms with Crippen molar-refractivity contribution < 1.29 is 5.11 Å². The van der Waals surface area contributed by atoms with Gasteiger partial charge in [0.15, 0.2) is 0 Å². The molecule has 0 aliphatic rings. The Morgan fingerprint density at radius 1 is 0.913 bits per heavy atom. The Bertz CT molecular complexity index is 835. The molecule has 1 unspecified atom stereocenters. The largest absolute Gasteiger partial charge is 0.377 e. The number of pyridine rings is 3. The molecule has 0 amide bonds. The number of hydrogen-bond acceptors (Lipinski definition) is 5. The first kappa shape index (κ1) is 14.8. The minimum Gasteiger partial charge on any atom is -0.377 e. The van der Waals surface area contributed by atoms with Crippen LogP contribution in [-0.2, 0) is 5.60 Å². The van der Waals surface area contributed by atoms with Gasteiger partial charge in [-0.15, -0.1) is 0 Å². The minimum absolute atomic E-state index is 0.372. The van der Waals surface area contributed by atoms with E-state index in [0.717, 1.165) is 11.1 Å². The molecule has 3 aromatic rings. The quantitative estimate of drug-likeness (QED) is 0.804. The fourth-order valence-electron chi connectivity index (χ4n) is 2.27. The van der Waals surface area contributed by atoms with Gasteiger partial charge in [-0.3, -0.25) is 9.97 Å². The number of nitrogens with zero attached hydrogens (tertiary/aromatic N) is 4. The van der Waals surface area contributed by atoms with Crippen LogP contribution >= 0.6 is 0 Å². The molecule has 0 aromatic carbocycles. The van der Waals surface area contributed by atoms with Crippen LogP contribution in [0.2, 0.25) is 0 Å². The molecule has 3 rings (SSSR count). The summed E-state index contributed by atoms with van der Waals surface area (Å²) < 4.78 is 0. The normalized spacial score (nSPS) is 13.1. The monoisotopic (exact) mass is 302 g/mol. The van der Waals surface area contributed by atoms with E-state index in [2.05, 4.69) is 15.0 Å². The molecule has 0 saturated carbocycles. The van der Waals surface area contributed by atoms with Crippen LogP contribution in [0.15, 0.2) is 61.1 Å². The van der Waals surface area contributed by atoms with Gasteiger partial charge >= 0.3 is 0 Å². The van der Waals surface area contributed by atoms with Gasteiger partial charge < -0.3 is 5.11 Å². The third kappa shape index (κ3) is 2.93. The lowest BCUT2D eigenvalue weighted by molar-refractivity contribution is 0.0927. The molecular weight excluding hydrogens is 288 g/mol. The van der Waals surface area contributed by atoms with Gasteiger partial charge in [0.25, 0.3) is 0 Å². The van der Waals surface area contributed by atoms with E-state index >= 15 is 0 Å². The second kappa shape index (κ2) is 5.95. The molecule has 112 valence electrons. The van der Waals surface area contributed by atoms with Gasteiger partial charge in [0.1, 0.15) is 17.4 Å². The van der Waals surface area contributed by atoms with Crippen molar-refractivity contribution in [3.8, 4) is 17.2 Å². The molecule has 5 nitrogen and oxygen atoms in total. The van der Waals surface area contributed by atoms with Crippen molar-refractivity contribution in [2.24, 2.45) is 0 Å². The molecule has 0 radical (unpaired) electrons. The summed E-state index contributed by atoms with van der Waals surface area (Å²) in [6.07, 6.45) is 4.95. The van der Waals surface area contributed by atoms with Crippen LogP contribution < -0.4 is 0 Å². The average molecular weight is 302 g/mol. The van der Waals surface area contributed by atoms with Gasteiger partial charge in [0.2, 0.25) is 0 Å². The molecule has 5 heteroatoms. The molecule has 1 atom stereocenters. The molecule has 3 heterocycles. The summed E-state index contributed by atoms with van der Waals surface area (Å²) in [6.45, 7) is 1.67. The first-order chi connectivity index (χ1) is 11.1. The van der Waals surface area contributed by atoms with Gasteiger partial charge in [-0.1, -0.05) is 12.1 Å². The highest BCUT2D eigenvalue weighted by Gasteiger charge is 2.28. The molecule has 23 heavy (non-hydrogen) atoms. The first-order valence-electron chi connectivity index (χ1n) is 7.08. The van der Waals surface area contributed by atoms with Crippen LogP contribution in [0.25, 0.3) is 11.1 Å². The van der Waals surface area contributed by atoms with Crippen LogP contribution in [0.5, 0.6) is 0 Å². The van der Waals surface area contributed by atoms with Crippen molar-refractivity contribution in [2.45, 2.75) is 12.5 Å². The second-order valence-corrected chi connectivity index (χ2v) is 5.26. The van der Waals surface area contributed by atoms with Crippen molar-refractivity contribution in [2.75, 3.05) is 0 Å². The van der Waals surface area contributed by atoms with Crippen molar-refractivity contribution in [1.29, 1.82) is 5.26 Å². The van der Waals surface area contributed by atoms with Crippen LogP contribution in [0.1, 0.15) is 24.0 Å². The van der Waals surface area contributed by atoms with E-state index in [9.17, 15) is 5.11 Å². The molecule has 0 saturated heterocycles. The van der Waals surface area contributed by atoms with E-state index in [1.54, 1.807) is 49.8 Å². The zero-order valence-corrected chi connectivity index (χ0v) is 12.5. The summed E-state index contributed by atoms with van der Waals surface area (Å²) in [4.78, 5) is 12.6. The van der Waals surface area contributed by atoms with E-state index in [-0.39, 0.29) is 0 Å². The Morgan fingerprint density at radius 3 is 2.13 bits per heavy atom. The third-order valence-corrected chi connectivity index (χ3v) is 3.64. The second-order valence-electron chi connectivity index (χ2n) is 5.26. The van der Waals surface area contributed by atoms with Crippen molar-refractivity contribution in [3.63, 3.8) is 0 Å². The summed E-state index contributed by atoms with van der Waals surface area (Å²) in [6, 6.07) is 14.5. The highest BCUT2D eigenvalue weighted by Crippen LogP contribution is 2.27. The van der Waals surface area contributed by atoms with Crippen molar-refractivity contribution >= 4 is 0 Å². The van der Waals surface area contributed by atoms with Crippen LogP contribution in [0.4, 0.5) is 0 Å². The standard InChI is InChI=1S/C18H14N4O/c1-18(23,16-4-2-3-9-20-16)17-8-6-14(12-22-17)13-5-7-15(10-19)21-11-13/h2-9,11-12,23H,1H3. The van der Waals surface area contributed by atoms with E-state index in [1.807, 2.05) is 24.3 Å². The average Bonchev–Trinajstić information content (AvgIpc) is 2.63. The van der Waals surface area contributed by atoms with Crippen LogP contribution in [0.3, 0.4) is 0 Å². The summed E-state index contributed by atoms with van der Waals surface area (Å²) >= 11 is 0. The predicted octanol–water partition coefficient (Wildman–Crippen LogP) is 2.67. The molecule has 0 fully saturated rings. The maximum Gasteiger partial charge on any atom is 0.145 e. The van der Waals surface area contributed by atoms with Gasteiger partial charge in [0, 0.05) is 29.7 Å². The topological polar surface area (TPSA) is 82.7 Å². The SMILES string of the molecule is CC(O)(c1ccccn1)c1ccc(-c2ccc(C#N)nc2)cn1. The molecule has 0 aliphatic carbocycles. The Labute approximate surface area is 133 Å². The highest BCUT2D eigenvalue weighted by molar-refractivity contribution is 5.61. The summed E-state index contributed by atoms with van der Waals surface area (Å²) in [5.74, 6) is 0. The number of hydrogen-bond donors (Lipinski definition) is 1. The van der Waals surface area contributed by atoms with E-state index in [0.29, 0.717) is 17.1 Å². The van der Waals surface area contributed by atoms with Gasteiger partial charge in [-0.05, 0) is 37.3 Å². The van der Waals surface area contributed by atoms with E-state index in [1.165, 1.54) is 0 Å². The van der Waals surface area contributed by atoms with E-state index < -0.39 is 5.60 Å². The first-order valence-corrected chi connectivity index (χ1v) is 7.08. The smallest absolute Gasteiger partial charge is 0.145 e. The lowest BCUT2D eigenvalue weighted by atomic mass is 9.96. The zero-order chi connectivity index (χ0) is 16.3. The minimum atomic E-state index is -1.26. The lowest BCUT2D eigenvalue weighted by Gasteiger charge is -2.22. The van der Waals surface area contributed by atoms with Gasteiger partial charge in [0.05, 0.1) is 11.4 Å².